The Kier molecular flexibility index (Phi) is 4.13. The standard InChI is InChI=1S/C13H18N4O/c1-18-12-3-5-17(11(6-12)8-15)13-9-16-4-2-10(13)7-14/h2,4,9,11-12H,3,5-6,8,15H2,1H3. The van der Waals surface area contributed by atoms with Gasteiger partial charge in [0.2, 0.25) is 0 Å². The number of aromatic nitrogens is 1. The van der Waals surface area contributed by atoms with Crippen molar-refractivity contribution in [2.45, 2.75) is 25.0 Å². The van der Waals surface area contributed by atoms with Crippen molar-refractivity contribution < 1.29 is 4.74 Å². The molecule has 5 nitrogen and oxygen atoms in total. The van der Waals surface area contributed by atoms with Crippen molar-refractivity contribution in [3.8, 4) is 6.07 Å². The third-order valence-corrected chi connectivity index (χ3v) is 3.50. The third kappa shape index (κ3) is 2.45. The van der Waals surface area contributed by atoms with Gasteiger partial charge in [-0.25, -0.2) is 0 Å². The van der Waals surface area contributed by atoms with Crippen LogP contribution in [0.1, 0.15) is 18.4 Å². The van der Waals surface area contributed by atoms with E-state index in [1.54, 1.807) is 25.6 Å². The smallest absolute Gasteiger partial charge is 0.101 e. The van der Waals surface area contributed by atoms with Crippen molar-refractivity contribution in [2.75, 3.05) is 25.1 Å². The van der Waals surface area contributed by atoms with Crippen LogP contribution in [-0.4, -0.2) is 37.3 Å². The highest BCUT2D eigenvalue weighted by atomic mass is 16.5. The first kappa shape index (κ1) is 12.8. The van der Waals surface area contributed by atoms with Gasteiger partial charge >= 0.3 is 0 Å². The molecule has 5 heteroatoms. The highest BCUT2D eigenvalue weighted by molar-refractivity contribution is 5.58. The topological polar surface area (TPSA) is 75.2 Å². The molecule has 0 radical (unpaired) electrons. The molecule has 1 aromatic rings. The van der Waals surface area contributed by atoms with E-state index in [-0.39, 0.29) is 12.1 Å². The van der Waals surface area contributed by atoms with Crippen LogP contribution in [0.15, 0.2) is 18.5 Å². The first-order valence-corrected chi connectivity index (χ1v) is 6.13. The Morgan fingerprint density at radius 1 is 1.67 bits per heavy atom. The molecule has 0 aliphatic carbocycles. The Morgan fingerprint density at radius 3 is 3.17 bits per heavy atom. The molecule has 1 aromatic heterocycles. The maximum atomic E-state index is 9.15. The average Bonchev–Trinajstić information content (AvgIpc) is 2.46. The quantitative estimate of drug-likeness (QED) is 0.857. The molecule has 0 aromatic carbocycles. The number of piperidine rings is 1. The molecule has 1 saturated heterocycles. The van der Waals surface area contributed by atoms with E-state index in [1.165, 1.54) is 0 Å². The molecular formula is C13H18N4O. The number of rotatable bonds is 3. The lowest BCUT2D eigenvalue weighted by Crippen LogP contribution is -2.49. The van der Waals surface area contributed by atoms with Crippen molar-refractivity contribution in [1.82, 2.24) is 4.98 Å². The van der Waals surface area contributed by atoms with Crippen molar-refractivity contribution in [3.63, 3.8) is 0 Å². The van der Waals surface area contributed by atoms with Gasteiger partial charge in [0.1, 0.15) is 6.07 Å². The highest BCUT2D eigenvalue weighted by Gasteiger charge is 2.28. The fourth-order valence-electron chi connectivity index (χ4n) is 2.48. The second-order valence-electron chi connectivity index (χ2n) is 4.47. The summed E-state index contributed by atoms with van der Waals surface area (Å²) < 4.78 is 5.40. The van der Waals surface area contributed by atoms with Gasteiger partial charge in [-0.15, -0.1) is 0 Å². The van der Waals surface area contributed by atoms with E-state index in [1.807, 2.05) is 0 Å². The molecule has 1 fully saturated rings. The summed E-state index contributed by atoms with van der Waals surface area (Å²) in [7, 11) is 1.73. The molecule has 0 spiro atoms. The van der Waals surface area contributed by atoms with Crippen LogP contribution in [-0.2, 0) is 4.74 Å². The molecule has 2 N–H and O–H groups in total. The summed E-state index contributed by atoms with van der Waals surface area (Å²) in [6.07, 6.45) is 5.49. The average molecular weight is 246 g/mol. The maximum absolute atomic E-state index is 9.15. The summed E-state index contributed by atoms with van der Waals surface area (Å²) in [6, 6.07) is 4.16. The zero-order valence-electron chi connectivity index (χ0n) is 10.5. The number of ether oxygens (including phenoxy) is 1. The maximum Gasteiger partial charge on any atom is 0.101 e. The van der Waals surface area contributed by atoms with Gasteiger partial charge in [-0.2, -0.15) is 5.26 Å². The summed E-state index contributed by atoms with van der Waals surface area (Å²) in [4.78, 5) is 6.29. The van der Waals surface area contributed by atoms with Crippen LogP contribution in [0.4, 0.5) is 5.69 Å². The molecule has 2 rings (SSSR count). The zero-order valence-corrected chi connectivity index (χ0v) is 10.5. The van der Waals surface area contributed by atoms with Crippen molar-refractivity contribution in [2.24, 2.45) is 5.73 Å². The monoisotopic (exact) mass is 246 g/mol. The molecule has 96 valence electrons. The molecule has 2 unspecified atom stereocenters. The molecule has 1 aliphatic heterocycles. The van der Waals surface area contributed by atoms with Crippen LogP contribution in [0.25, 0.3) is 0 Å². The van der Waals surface area contributed by atoms with Crippen LogP contribution >= 0.6 is 0 Å². The number of nitrogens with zero attached hydrogens (tertiary/aromatic N) is 3. The zero-order chi connectivity index (χ0) is 13.0. The largest absolute Gasteiger partial charge is 0.381 e. The first-order valence-electron chi connectivity index (χ1n) is 6.13. The second-order valence-corrected chi connectivity index (χ2v) is 4.47. The van der Waals surface area contributed by atoms with Crippen LogP contribution in [0.2, 0.25) is 0 Å². The Labute approximate surface area is 107 Å². The van der Waals surface area contributed by atoms with Gasteiger partial charge in [-0.3, -0.25) is 4.98 Å². The minimum atomic E-state index is 0.208. The van der Waals surface area contributed by atoms with E-state index in [0.29, 0.717) is 12.1 Å². The minimum absolute atomic E-state index is 0.208. The number of hydrogen-bond donors (Lipinski definition) is 1. The van der Waals surface area contributed by atoms with E-state index in [2.05, 4.69) is 16.0 Å². The molecule has 0 saturated carbocycles. The molecule has 2 heterocycles. The van der Waals surface area contributed by atoms with Gasteiger partial charge in [-0.05, 0) is 18.9 Å². The number of nitriles is 1. The summed E-state index contributed by atoms with van der Waals surface area (Å²) >= 11 is 0. The second kappa shape index (κ2) is 5.80. The molecule has 0 amide bonds. The van der Waals surface area contributed by atoms with E-state index < -0.39 is 0 Å². The SMILES string of the molecule is COC1CCN(c2cnccc2C#N)C(CN)C1. The number of nitrogens with two attached hydrogens (primary N) is 1. The fraction of sp³-hybridized carbons (Fsp3) is 0.538. The van der Waals surface area contributed by atoms with Gasteiger partial charge in [0.15, 0.2) is 0 Å². The number of pyridine rings is 1. The Hall–Kier alpha value is -1.64. The van der Waals surface area contributed by atoms with Gasteiger partial charge in [0.25, 0.3) is 0 Å². The lowest BCUT2D eigenvalue weighted by molar-refractivity contribution is 0.0709. The lowest BCUT2D eigenvalue weighted by Gasteiger charge is -2.40. The number of hydrogen-bond acceptors (Lipinski definition) is 5. The van der Waals surface area contributed by atoms with E-state index in [0.717, 1.165) is 25.1 Å². The molecular weight excluding hydrogens is 228 g/mol. The summed E-state index contributed by atoms with van der Waals surface area (Å²) in [5, 5.41) is 9.15. The molecule has 2 atom stereocenters. The first-order chi connectivity index (χ1) is 8.80. The van der Waals surface area contributed by atoms with Gasteiger partial charge < -0.3 is 15.4 Å². The van der Waals surface area contributed by atoms with Crippen LogP contribution in [0.5, 0.6) is 0 Å². The lowest BCUT2D eigenvalue weighted by atomic mass is 9.98. The Bertz CT molecular complexity index is 443. The summed E-state index contributed by atoms with van der Waals surface area (Å²) in [6.45, 7) is 1.40. The normalized spacial score (nSPS) is 23.7. The van der Waals surface area contributed by atoms with Gasteiger partial charge in [0.05, 0.1) is 23.6 Å². The molecule has 1 aliphatic rings. The Morgan fingerprint density at radius 2 is 2.50 bits per heavy atom. The Balaban J connectivity index is 2.24. The summed E-state index contributed by atoms with van der Waals surface area (Å²) in [5.41, 5.74) is 7.37. The van der Waals surface area contributed by atoms with Gasteiger partial charge in [-0.1, -0.05) is 0 Å². The van der Waals surface area contributed by atoms with Crippen molar-refractivity contribution in [3.05, 3.63) is 24.0 Å². The van der Waals surface area contributed by atoms with E-state index in [9.17, 15) is 0 Å². The third-order valence-electron chi connectivity index (χ3n) is 3.50. The summed E-state index contributed by atoms with van der Waals surface area (Å²) in [5.74, 6) is 0. The van der Waals surface area contributed by atoms with Crippen molar-refractivity contribution in [1.29, 1.82) is 5.26 Å². The number of methoxy groups -OCH3 is 1. The minimum Gasteiger partial charge on any atom is -0.381 e. The van der Waals surface area contributed by atoms with Crippen LogP contribution in [0.3, 0.4) is 0 Å². The fourth-order valence-corrected chi connectivity index (χ4v) is 2.48. The van der Waals surface area contributed by atoms with E-state index in [4.69, 9.17) is 15.7 Å². The van der Waals surface area contributed by atoms with Crippen LogP contribution in [0, 0.1) is 11.3 Å². The highest BCUT2D eigenvalue weighted by Crippen LogP contribution is 2.27. The molecule has 18 heavy (non-hydrogen) atoms. The van der Waals surface area contributed by atoms with Gasteiger partial charge in [0, 0.05) is 32.4 Å². The predicted octanol–water partition coefficient (Wildman–Crippen LogP) is 0.896. The predicted molar refractivity (Wildman–Crippen MR) is 69.2 cm³/mol. The number of anilines is 1. The van der Waals surface area contributed by atoms with Crippen molar-refractivity contribution >= 4 is 5.69 Å². The van der Waals surface area contributed by atoms with E-state index >= 15 is 0 Å². The van der Waals surface area contributed by atoms with Crippen LogP contribution < -0.4 is 10.6 Å². The molecule has 0 bridgehead atoms.